The van der Waals surface area contributed by atoms with E-state index in [9.17, 15) is 18.7 Å². The number of rotatable bonds is 2. The van der Waals surface area contributed by atoms with Crippen molar-refractivity contribution in [2.75, 3.05) is 0 Å². The van der Waals surface area contributed by atoms with Crippen LogP contribution in [0.3, 0.4) is 0 Å². The molecule has 0 aliphatic heterocycles. The van der Waals surface area contributed by atoms with Crippen LogP contribution in [0.25, 0.3) is 0 Å². The molecule has 3 rings (SSSR count). The molecule has 108 valence electrons. The first-order chi connectivity index (χ1) is 10.1. The van der Waals surface area contributed by atoms with Crippen molar-refractivity contribution in [1.29, 1.82) is 0 Å². The van der Waals surface area contributed by atoms with Gasteiger partial charge in [-0.1, -0.05) is 24.3 Å². The van der Waals surface area contributed by atoms with Gasteiger partial charge in [-0.25, -0.2) is 8.78 Å². The van der Waals surface area contributed by atoms with Gasteiger partial charge in [0.25, 0.3) is 5.91 Å². The van der Waals surface area contributed by atoms with E-state index in [0.29, 0.717) is 6.42 Å². The lowest BCUT2D eigenvalue weighted by Crippen LogP contribution is -2.33. The van der Waals surface area contributed by atoms with Crippen molar-refractivity contribution in [3.05, 3.63) is 70.8 Å². The van der Waals surface area contributed by atoms with Gasteiger partial charge in [-0.2, -0.15) is 0 Å². The molecule has 3 nitrogen and oxygen atoms in total. The Bertz CT molecular complexity index is 702. The Kier molecular flexibility index (Phi) is 3.43. The molecule has 0 bridgehead atoms. The van der Waals surface area contributed by atoms with E-state index in [4.69, 9.17) is 0 Å². The Morgan fingerprint density at radius 1 is 1.14 bits per heavy atom. The molecular formula is C16H13F2NO2. The first kappa shape index (κ1) is 13.7. The quantitative estimate of drug-likeness (QED) is 0.891. The minimum Gasteiger partial charge on any atom is -0.390 e. The zero-order valence-corrected chi connectivity index (χ0v) is 11.0. The van der Waals surface area contributed by atoms with E-state index < -0.39 is 29.7 Å². The summed E-state index contributed by atoms with van der Waals surface area (Å²) in [6.45, 7) is 0. The number of hydrogen-bond acceptors (Lipinski definition) is 2. The number of aliphatic hydroxyl groups is 1. The lowest BCUT2D eigenvalue weighted by atomic mass is 10.1. The molecule has 1 aliphatic carbocycles. The molecule has 1 aliphatic rings. The second-order valence-corrected chi connectivity index (χ2v) is 5.05. The second kappa shape index (κ2) is 5.26. The Morgan fingerprint density at radius 2 is 1.90 bits per heavy atom. The lowest BCUT2D eigenvalue weighted by Gasteiger charge is -2.18. The molecular weight excluding hydrogens is 276 g/mol. The molecule has 2 aromatic carbocycles. The summed E-state index contributed by atoms with van der Waals surface area (Å²) in [5.41, 5.74) is 1.84. The van der Waals surface area contributed by atoms with Crippen molar-refractivity contribution in [1.82, 2.24) is 5.32 Å². The van der Waals surface area contributed by atoms with Gasteiger partial charge in [0.1, 0.15) is 0 Å². The van der Waals surface area contributed by atoms with Crippen LogP contribution in [0.15, 0.2) is 42.5 Å². The summed E-state index contributed by atoms with van der Waals surface area (Å²) < 4.78 is 26.0. The minimum atomic E-state index is -1.07. The van der Waals surface area contributed by atoms with E-state index >= 15 is 0 Å². The molecule has 0 aromatic heterocycles. The van der Waals surface area contributed by atoms with Crippen LogP contribution in [0, 0.1) is 11.6 Å². The fourth-order valence-electron chi connectivity index (χ4n) is 2.61. The summed E-state index contributed by atoms with van der Waals surface area (Å²) in [6.07, 6.45) is -0.268. The van der Waals surface area contributed by atoms with Crippen molar-refractivity contribution in [2.45, 2.75) is 18.6 Å². The maximum absolute atomic E-state index is 13.2. The van der Waals surface area contributed by atoms with Gasteiger partial charge in [-0.05, 0) is 29.3 Å². The summed E-state index contributed by atoms with van der Waals surface area (Å²) in [5.74, 6) is -2.62. The SMILES string of the molecule is O=C(N[C@H]1c2ccccc2C[C@H]1O)c1ccc(F)c(F)c1. The Hall–Kier alpha value is -2.27. The summed E-state index contributed by atoms with van der Waals surface area (Å²) in [5, 5.41) is 12.7. The smallest absolute Gasteiger partial charge is 0.251 e. The van der Waals surface area contributed by atoms with Crippen LogP contribution in [0.4, 0.5) is 8.78 Å². The van der Waals surface area contributed by atoms with Crippen molar-refractivity contribution in [3.8, 4) is 0 Å². The van der Waals surface area contributed by atoms with E-state index in [1.54, 1.807) is 0 Å². The van der Waals surface area contributed by atoms with E-state index in [2.05, 4.69) is 5.32 Å². The second-order valence-electron chi connectivity index (χ2n) is 5.05. The number of halogens is 2. The van der Waals surface area contributed by atoms with Gasteiger partial charge in [0.2, 0.25) is 0 Å². The molecule has 1 amide bonds. The van der Waals surface area contributed by atoms with Crippen molar-refractivity contribution in [3.63, 3.8) is 0 Å². The van der Waals surface area contributed by atoms with Gasteiger partial charge in [0.15, 0.2) is 11.6 Å². The fourth-order valence-corrected chi connectivity index (χ4v) is 2.61. The number of aliphatic hydroxyl groups excluding tert-OH is 1. The molecule has 5 heteroatoms. The lowest BCUT2D eigenvalue weighted by molar-refractivity contribution is 0.0857. The normalized spacial score (nSPS) is 20.1. The van der Waals surface area contributed by atoms with Crippen molar-refractivity contribution < 1.29 is 18.7 Å². The highest BCUT2D eigenvalue weighted by molar-refractivity contribution is 5.94. The summed E-state index contributed by atoms with van der Waals surface area (Å²) in [7, 11) is 0. The number of amides is 1. The Balaban J connectivity index is 1.83. The molecule has 2 aromatic rings. The van der Waals surface area contributed by atoms with E-state index in [-0.39, 0.29) is 5.56 Å². The van der Waals surface area contributed by atoms with Crippen LogP contribution in [-0.4, -0.2) is 17.1 Å². The average Bonchev–Trinajstić information content (AvgIpc) is 2.78. The van der Waals surface area contributed by atoms with Gasteiger partial charge >= 0.3 is 0 Å². The first-order valence-electron chi connectivity index (χ1n) is 6.58. The summed E-state index contributed by atoms with van der Waals surface area (Å²) >= 11 is 0. The number of fused-ring (bicyclic) bond motifs is 1. The molecule has 0 heterocycles. The maximum Gasteiger partial charge on any atom is 0.251 e. The third-order valence-corrected chi connectivity index (χ3v) is 3.67. The van der Waals surface area contributed by atoms with Crippen LogP contribution in [0.5, 0.6) is 0 Å². The van der Waals surface area contributed by atoms with E-state index in [1.807, 2.05) is 24.3 Å². The van der Waals surface area contributed by atoms with Gasteiger partial charge in [0.05, 0.1) is 12.1 Å². The third kappa shape index (κ3) is 2.52. The maximum atomic E-state index is 13.2. The zero-order valence-electron chi connectivity index (χ0n) is 11.0. The van der Waals surface area contributed by atoms with E-state index in [0.717, 1.165) is 23.3 Å². The van der Waals surface area contributed by atoms with Crippen LogP contribution in [0.1, 0.15) is 27.5 Å². The monoisotopic (exact) mass is 289 g/mol. The molecule has 0 saturated carbocycles. The molecule has 2 N–H and O–H groups in total. The summed E-state index contributed by atoms with van der Waals surface area (Å²) in [6, 6.07) is 9.84. The number of carbonyl (C=O) groups is 1. The van der Waals surface area contributed by atoms with Gasteiger partial charge in [-0.15, -0.1) is 0 Å². The highest BCUT2D eigenvalue weighted by atomic mass is 19.2. The molecule has 0 unspecified atom stereocenters. The number of carbonyl (C=O) groups excluding carboxylic acids is 1. The molecule has 21 heavy (non-hydrogen) atoms. The van der Waals surface area contributed by atoms with Gasteiger partial charge < -0.3 is 10.4 Å². The number of hydrogen-bond donors (Lipinski definition) is 2. The topological polar surface area (TPSA) is 49.3 Å². The van der Waals surface area contributed by atoms with Crippen LogP contribution in [-0.2, 0) is 6.42 Å². The number of nitrogens with one attached hydrogen (secondary N) is 1. The standard InChI is InChI=1S/C16H13F2NO2/c17-12-6-5-10(7-13(12)18)16(21)19-15-11-4-2-1-3-9(11)8-14(15)20/h1-7,14-15,20H,8H2,(H,19,21)/t14-,15+/m1/s1. The largest absolute Gasteiger partial charge is 0.390 e. The van der Waals surface area contributed by atoms with Crippen molar-refractivity contribution >= 4 is 5.91 Å². The minimum absolute atomic E-state index is 0.0190. The Labute approximate surface area is 120 Å². The Morgan fingerprint density at radius 3 is 2.67 bits per heavy atom. The summed E-state index contributed by atoms with van der Waals surface area (Å²) in [4.78, 5) is 12.1. The zero-order chi connectivity index (χ0) is 15.0. The average molecular weight is 289 g/mol. The van der Waals surface area contributed by atoms with Crippen LogP contribution < -0.4 is 5.32 Å². The highest BCUT2D eigenvalue weighted by Crippen LogP contribution is 2.31. The molecule has 2 atom stereocenters. The first-order valence-corrected chi connectivity index (χ1v) is 6.58. The molecule has 0 spiro atoms. The molecule has 0 fully saturated rings. The van der Waals surface area contributed by atoms with Gasteiger partial charge in [-0.3, -0.25) is 4.79 Å². The predicted molar refractivity (Wildman–Crippen MR) is 72.7 cm³/mol. The van der Waals surface area contributed by atoms with Crippen molar-refractivity contribution in [2.24, 2.45) is 0 Å². The highest BCUT2D eigenvalue weighted by Gasteiger charge is 2.32. The predicted octanol–water partition coefficient (Wildman–Crippen LogP) is 2.35. The van der Waals surface area contributed by atoms with Crippen LogP contribution in [0.2, 0.25) is 0 Å². The van der Waals surface area contributed by atoms with Crippen LogP contribution >= 0.6 is 0 Å². The number of benzene rings is 2. The molecule has 0 saturated heterocycles. The van der Waals surface area contributed by atoms with Gasteiger partial charge in [0, 0.05) is 12.0 Å². The third-order valence-electron chi connectivity index (χ3n) is 3.67. The van der Waals surface area contributed by atoms with E-state index in [1.165, 1.54) is 6.07 Å². The fraction of sp³-hybridized carbons (Fsp3) is 0.188. The molecule has 0 radical (unpaired) electrons.